The lowest BCUT2D eigenvalue weighted by Crippen LogP contribution is -2.44. The van der Waals surface area contributed by atoms with Gasteiger partial charge in [-0.15, -0.1) is 0 Å². The van der Waals surface area contributed by atoms with Gasteiger partial charge in [0.15, 0.2) is 0 Å². The lowest BCUT2D eigenvalue weighted by molar-refractivity contribution is 0.271. The van der Waals surface area contributed by atoms with Crippen molar-refractivity contribution >= 4 is 5.69 Å². The van der Waals surface area contributed by atoms with Gasteiger partial charge in [0.2, 0.25) is 0 Å². The molecule has 0 bridgehead atoms. The van der Waals surface area contributed by atoms with Crippen LogP contribution in [0.25, 0.3) is 0 Å². The predicted octanol–water partition coefficient (Wildman–Crippen LogP) is 3.66. The molecule has 1 aliphatic rings. The van der Waals surface area contributed by atoms with Gasteiger partial charge in [0.05, 0.1) is 6.61 Å². The maximum absolute atomic E-state index is 5.76. The second kappa shape index (κ2) is 7.53. The minimum atomic E-state index is 0.555. The molecular formula is C17H28N2O. The Kier molecular flexibility index (Phi) is 5.72. The molecule has 3 nitrogen and oxygen atoms in total. The van der Waals surface area contributed by atoms with Gasteiger partial charge in [-0.3, -0.25) is 0 Å². The molecule has 1 aliphatic heterocycles. The molecule has 1 aromatic carbocycles. The number of rotatable bonds is 6. The standard InChI is InChI=1S/C17H28N2O/c1-13(2)12-20-17-9-5-7-15(10-17)18-11-16-8-4-6-14(3)19-16/h5,7,9-10,13-14,16,18-19H,4,6,8,11-12H2,1-3H3. The summed E-state index contributed by atoms with van der Waals surface area (Å²) < 4.78 is 5.76. The fourth-order valence-corrected chi connectivity index (χ4v) is 2.60. The Morgan fingerprint density at radius 1 is 1.35 bits per heavy atom. The van der Waals surface area contributed by atoms with Crippen LogP contribution < -0.4 is 15.4 Å². The number of ether oxygens (including phenoxy) is 1. The van der Waals surface area contributed by atoms with Crippen LogP contribution in [0.3, 0.4) is 0 Å². The molecule has 0 amide bonds. The van der Waals surface area contributed by atoms with Crippen molar-refractivity contribution in [2.75, 3.05) is 18.5 Å². The topological polar surface area (TPSA) is 33.3 Å². The summed E-state index contributed by atoms with van der Waals surface area (Å²) in [6.07, 6.45) is 3.90. The van der Waals surface area contributed by atoms with Crippen LogP contribution in [0.1, 0.15) is 40.0 Å². The van der Waals surface area contributed by atoms with E-state index >= 15 is 0 Å². The summed E-state index contributed by atoms with van der Waals surface area (Å²) in [5.41, 5.74) is 1.14. The van der Waals surface area contributed by atoms with Crippen molar-refractivity contribution in [2.45, 2.75) is 52.1 Å². The summed E-state index contributed by atoms with van der Waals surface area (Å²) >= 11 is 0. The molecule has 1 heterocycles. The third kappa shape index (κ3) is 5.04. The quantitative estimate of drug-likeness (QED) is 0.832. The van der Waals surface area contributed by atoms with E-state index in [9.17, 15) is 0 Å². The van der Waals surface area contributed by atoms with Crippen LogP contribution >= 0.6 is 0 Å². The van der Waals surface area contributed by atoms with E-state index in [0.29, 0.717) is 18.0 Å². The number of nitrogens with one attached hydrogen (secondary N) is 2. The van der Waals surface area contributed by atoms with E-state index in [2.05, 4.69) is 49.6 Å². The van der Waals surface area contributed by atoms with Gasteiger partial charge in [0.25, 0.3) is 0 Å². The Bertz CT molecular complexity index is 406. The van der Waals surface area contributed by atoms with Crippen LogP contribution in [0.15, 0.2) is 24.3 Å². The van der Waals surface area contributed by atoms with Gasteiger partial charge in [0.1, 0.15) is 5.75 Å². The van der Waals surface area contributed by atoms with Crippen molar-refractivity contribution in [1.82, 2.24) is 5.32 Å². The number of benzene rings is 1. The Hall–Kier alpha value is -1.22. The van der Waals surface area contributed by atoms with Crippen molar-refractivity contribution in [2.24, 2.45) is 5.92 Å². The first kappa shape index (κ1) is 15.2. The van der Waals surface area contributed by atoms with Crippen LogP contribution in [0.2, 0.25) is 0 Å². The third-order valence-electron chi connectivity index (χ3n) is 3.68. The van der Waals surface area contributed by atoms with Crippen LogP contribution in [-0.4, -0.2) is 25.2 Å². The van der Waals surface area contributed by atoms with E-state index in [1.807, 2.05) is 6.07 Å². The minimum Gasteiger partial charge on any atom is -0.493 e. The van der Waals surface area contributed by atoms with E-state index in [-0.39, 0.29) is 0 Å². The summed E-state index contributed by atoms with van der Waals surface area (Å²) in [6, 6.07) is 9.50. The largest absolute Gasteiger partial charge is 0.493 e. The number of piperidine rings is 1. The molecule has 0 spiro atoms. The van der Waals surface area contributed by atoms with E-state index in [1.165, 1.54) is 19.3 Å². The Morgan fingerprint density at radius 2 is 2.20 bits per heavy atom. The average Bonchev–Trinajstić information content (AvgIpc) is 2.43. The molecular weight excluding hydrogens is 248 g/mol. The molecule has 0 radical (unpaired) electrons. The number of hydrogen-bond acceptors (Lipinski definition) is 3. The first-order valence-corrected chi connectivity index (χ1v) is 7.86. The molecule has 2 N–H and O–H groups in total. The van der Waals surface area contributed by atoms with Crippen molar-refractivity contribution < 1.29 is 4.74 Å². The van der Waals surface area contributed by atoms with E-state index in [1.54, 1.807) is 0 Å². The molecule has 1 saturated heterocycles. The van der Waals surface area contributed by atoms with Gasteiger partial charge in [0, 0.05) is 30.4 Å². The Balaban J connectivity index is 1.81. The fraction of sp³-hybridized carbons (Fsp3) is 0.647. The van der Waals surface area contributed by atoms with E-state index < -0.39 is 0 Å². The highest BCUT2D eigenvalue weighted by Gasteiger charge is 2.17. The summed E-state index contributed by atoms with van der Waals surface area (Å²) in [5, 5.41) is 7.17. The molecule has 1 fully saturated rings. The zero-order valence-electron chi connectivity index (χ0n) is 13.0. The monoisotopic (exact) mass is 276 g/mol. The SMILES string of the molecule is CC(C)COc1cccc(NCC2CCCC(C)N2)c1. The Labute approximate surface area is 123 Å². The maximum Gasteiger partial charge on any atom is 0.121 e. The average molecular weight is 276 g/mol. The second-order valence-corrected chi connectivity index (χ2v) is 6.31. The number of anilines is 1. The van der Waals surface area contributed by atoms with Gasteiger partial charge >= 0.3 is 0 Å². The van der Waals surface area contributed by atoms with Gasteiger partial charge in [-0.1, -0.05) is 26.3 Å². The molecule has 1 aromatic rings. The summed E-state index contributed by atoms with van der Waals surface area (Å²) in [6.45, 7) is 8.35. The highest BCUT2D eigenvalue weighted by molar-refractivity contribution is 5.48. The van der Waals surface area contributed by atoms with Crippen LogP contribution in [0.4, 0.5) is 5.69 Å². The van der Waals surface area contributed by atoms with Crippen LogP contribution in [-0.2, 0) is 0 Å². The predicted molar refractivity (Wildman–Crippen MR) is 85.5 cm³/mol. The molecule has 0 aromatic heterocycles. The summed E-state index contributed by atoms with van der Waals surface area (Å²) in [7, 11) is 0. The molecule has 2 atom stereocenters. The van der Waals surface area contributed by atoms with Gasteiger partial charge in [-0.2, -0.15) is 0 Å². The van der Waals surface area contributed by atoms with Crippen LogP contribution in [0.5, 0.6) is 5.75 Å². The molecule has 2 rings (SSSR count). The van der Waals surface area contributed by atoms with Crippen molar-refractivity contribution in [3.05, 3.63) is 24.3 Å². The molecule has 112 valence electrons. The molecule has 3 heteroatoms. The lowest BCUT2D eigenvalue weighted by Gasteiger charge is -2.29. The molecule has 2 unspecified atom stereocenters. The van der Waals surface area contributed by atoms with Crippen molar-refractivity contribution in [3.8, 4) is 5.75 Å². The third-order valence-corrected chi connectivity index (χ3v) is 3.68. The van der Waals surface area contributed by atoms with Crippen LogP contribution in [0, 0.1) is 5.92 Å². The highest BCUT2D eigenvalue weighted by Crippen LogP contribution is 2.19. The highest BCUT2D eigenvalue weighted by atomic mass is 16.5. The van der Waals surface area contributed by atoms with Gasteiger partial charge < -0.3 is 15.4 Å². The van der Waals surface area contributed by atoms with Gasteiger partial charge in [-0.25, -0.2) is 0 Å². The van der Waals surface area contributed by atoms with Crippen molar-refractivity contribution in [1.29, 1.82) is 0 Å². The van der Waals surface area contributed by atoms with E-state index in [0.717, 1.165) is 24.6 Å². The summed E-state index contributed by atoms with van der Waals surface area (Å²) in [4.78, 5) is 0. The molecule has 0 saturated carbocycles. The minimum absolute atomic E-state index is 0.555. The fourth-order valence-electron chi connectivity index (χ4n) is 2.60. The van der Waals surface area contributed by atoms with Gasteiger partial charge in [-0.05, 0) is 37.8 Å². The lowest BCUT2D eigenvalue weighted by atomic mass is 9.99. The van der Waals surface area contributed by atoms with E-state index in [4.69, 9.17) is 4.74 Å². The zero-order chi connectivity index (χ0) is 14.4. The Morgan fingerprint density at radius 3 is 2.95 bits per heavy atom. The maximum atomic E-state index is 5.76. The zero-order valence-corrected chi connectivity index (χ0v) is 13.0. The first-order chi connectivity index (χ1) is 9.63. The normalized spacial score (nSPS) is 22.8. The smallest absolute Gasteiger partial charge is 0.121 e. The molecule has 0 aliphatic carbocycles. The first-order valence-electron chi connectivity index (χ1n) is 7.86. The molecule has 20 heavy (non-hydrogen) atoms. The summed E-state index contributed by atoms with van der Waals surface area (Å²) in [5.74, 6) is 1.51. The van der Waals surface area contributed by atoms with Crippen molar-refractivity contribution in [3.63, 3.8) is 0 Å². The number of hydrogen-bond donors (Lipinski definition) is 2. The second-order valence-electron chi connectivity index (χ2n) is 6.31.